The van der Waals surface area contributed by atoms with Gasteiger partial charge in [0.15, 0.2) is 5.58 Å². The normalized spacial score (nSPS) is 11.8. The molecular formula is C44H29N3O. The molecule has 4 nitrogen and oxygen atoms in total. The van der Waals surface area contributed by atoms with E-state index in [1.54, 1.807) is 0 Å². The van der Waals surface area contributed by atoms with Crippen molar-refractivity contribution in [2.75, 3.05) is 4.90 Å². The smallest absolute Gasteiger partial charge is 0.159 e. The molecule has 0 aliphatic heterocycles. The molecule has 0 radical (unpaired) electrons. The van der Waals surface area contributed by atoms with E-state index in [2.05, 4.69) is 178 Å². The number of para-hydroxylation sites is 6. The van der Waals surface area contributed by atoms with Crippen LogP contribution < -0.4 is 4.90 Å². The Hall–Kier alpha value is -6.52. The minimum absolute atomic E-state index is 0.871. The Balaban J connectivity index is 1.32. The lowest BCUT2D eigenvalue weighted by atomic mass is 10.1. The maximum atomic E-state index is 6.59. The number of furan rings is 1. The Bertz CT molecular complexity index is 2770. The van der Waals surface area contributed by atoms with Gasteiger partial charge in [0.2, 0.25) is 0 Å². The topological polar surface area (TPSA) is 26.2 Å². The van der Waals surface area contributed by atoms with Crippen LogP contribution in [0.25, 0.3) is 66.2 Å². The van der Waals surface area contributed by atoms with E-state index in [1.165, 1.54) is 21.7 Å². The minimum Gasteiger partial charge on any atom is -0.454 e. The van der Waals surface area contributed by atoms with E-state index in [-0.39, 0.29) is 0 Å². The summed E-state index contributed by atoms with van der Waals surface area (Å²) in [6.07, 6.45) is 0. The first-order valence-corrected chi connectivity index (χ1v) is 16.3. The summed E-state index contributed by atoms with van der Waals surface area (Å²) in [5.41, 5.74) is 10.6. The average molecular weight is 616 g/mol. The first-order valence-electron chi connectivity index (χ1n) is 16.3. The van der Waals surface area contributed by atoms with Gasteiger partial charge in [-0.15, -0.1) is 0 Å². The number of hydrogen-bond donors (Lipinski definition) is 0. The zero-order valence-corrected chi connectivity index (χ0v) is 26.0. The second kappa shape index (κ2) is 10.5. The highest BCUT2D eigenvalue weighted by Gasteiger charge is 2.24. The van der Waals surface area contributed by atoms with Crippen LogP contribution in [0.4, 0.5) is 17.1 Å². The second-order valence-corrected chi connectivity index (χ2v) is 12.2. The van der Waals surface area contributed by atoms with Crippen molar-refractivity contribution < 1.29 is 4.42 Å². The van der Waals surface area contributed by atoms with Gasteiger partial charge in [-0.2, -0.15) is 0 Å². The first kappa shape index (κ1) is 26.7. The molecule has 0 atom stereocenters. The highest BCUT2D eigenvalue weighted by Crippen LogP contribution is 2.46. The van der Waals surface area contributed by atoms with E-state index in [0.717, 1.165) is 61.5 Å². The summed E-state index contributed by atoms with van der Waals surface area (Å²) in [7, 11) is 0. The van der Waals surface area contributed by atoms with Gasteiger partial charge in [0.05, 0.1) is 16.7 Å². The standard InChI is InChI=1S/C44H29N3O/c1-4-15-30(16-5-1)45(40-25-14-23-35-34-21-11-13-26-41(34)48-43(35)40)33-27-28-39-37(29-33)42-36-22-10-12-24-38(36)46(31-17-6-2-7-18-31)44(42)47(39)32-19-8-3-9-20-32/h1-29H. The zero-order valence-electron chi connectivity index (χ0n) is 26.0. The van der Waals surface area contributed by atoms with Gasteiger partial charge in [0, 0.05) is 49.7 Å². The fraction of sp³-hybridized carbons (Fsp3) is 0. The molecule has 4 heteroatoms. The van der Waals surface area contributed by atoms with Crippen molar-refractivity contribution in [3.63, 3.8) is 0 Å². The molecule has 10 rings (SSSR count). The molecule has 0 spiro atoms. The van der Waals surface area contributed by atoms with E-state index >= 15 is 0 Å². The number of anilines is 3. The van der Waals surface area contributed by atoms with Crippen LogP contribution in [-0.2, 0) is 0 Å². The lowest BCUT2D eigenvalue weighted by molar-refractivity contribution is 0.669. The number of rotatable bonds is 5. The molecule has 0 saturated heterocycles. The first-order chi connectivity index (χ1) is 23.8. The van der Waals surface area contributed by atoms with Crippen molar-refractivity contribution in [3.05, 3.63) is 176 Å². The second-order valence-electron chi connectivity index (χ2n) is 12.2. The van der Waals surface area contributed by atoms with Crippen molar-refractivity contribution in [1.82, 2.24) is 9.13 Å². The Morgan fingerprint density at radius 2 is 1.00 bits per heavy atom. The molecule has 0 aliphatic rings. The van der Waals surface area contributed by atoms with E-state index in [0.29, 0.717) is 0 Å². The lowest BCUT2D eigenvalue weighted by Crippen LogP contribution is -2.10. The molecule has 3 heterocycles. The summed E-state index contributed by atoms with van der Waals surface area (Å²) >= 11 is 0. The fourth-order valence-electron chi connectivity index (χ4n) is 7.47. The van der Waals surface area contributed by atoms with Gasteiger partial charge in [0.1, 0.15) is 11.2 Å². The van der Waals surface area contributed by atoms with Crippen LogP contribution in [0.5, 0.6) is 0 Å². The zero-order chi connectivity index (χ0) is 31.6. The summed E-state index contributed by atoms with van der Waals surface area (Å²) in [5, 5.41) is 5.86. The summed E-state index contributed by atoms with van der Waals surface area (Å²) in [5.74, 6) is 0. The Morgan fingerprint density at radius 3 is 1.73 bits per heavy atom. The molecule has 0 unspecified atom stereocenters. The summed E-state index contributed by atoms with van der Waals surface area (Å²) in [6.45, 7) is 0. The molecule has 10 aromatic rings. The Morgan fingerprint density at radius 1 is 0.417 bits per heavy atom. The third-order valence-electron chi connectivity index (χ3n) is 9.48. The van der Waals surface area contributed by atoms with Crippen molar-refractivity contribution in [2.24, 2.45) is 0 Å². The largest absolute Gasteiger partial charge is 0.454 e. The quantitative estimate of drug-likeness (QED) is 0.193. The van der Waals surface area contributed by atoms with Crippen LogP contribution in [0.15, 0.2) is 180 Å². The van der Waals surface area contributed by atoms with Crippen LogP contribution in [0.2, 0.25) is 0 Å². The van der Waals surface area contributed by atoms with Crippen LogP contribution >= 0.6 is 0 Å². The highest BCUT2D eigenvalue weighted by molar-refractivity contribution is 6.23. The van der Waals surface area contributed by atoms with Gasteiger partial charge in [-0.1, -0.05) is 103 Å². The van der Waals surface area contributed by atoms with E-state index in [4.69, 9.17) is 4.42 Å². The van der Waals surface area contributed by atoms with Gasteiger partial charge in [-0.05, 0) is 72.8 Å². The number of benzene rings is 7. The van der Waals surface area contributed by atoms with Crippen LogP contribution in [0, 0.1) is 0 Å². The van der Waals surface area contributed by atoms with Gasteiger partial charge in [-0.3, -0.25) is 9.13 Å². The third-order valence-corrected chi connectivity index (χ3v) is 9.48. The molecule has 3 aromatic heterocycles. The number of fused-ring (bicyclic) bond motifs is 8. The van der Waals surface area contributed by atoms with Crippen molar-refractivity contribution >= 4 is 71.8 Å². The van der Waals surface area contributed by atoms with Crippen LogP contribution in [0.1, 0.15) is 0 Å². The van der Waals surface area contributed by atoms with Gasteiger partial charge < -0.3 is 9.32 Å². The van der Waals surface area contributed by atoms with E-state index < -0.39 is 0 Å². The summed E-state index contributed by atoms with van der Waals surface area (Å²) in [4.78, 5) is 2.33. The van der Waals surface area contributed by atoms with Crippen molar-refractivity contribution in [2.45, 2.75) is 0 Å². The molecule has 0 amide bonds. The van der Waals surface area contributed by atoms with Crippen molar-refractivity contribution in [1.29, 1.82) is 0 Å². The maximum absolute atomic E-state index is 6.59. The lowest BCUT2D eigenvalue weighted by Gasteiger charge is -2.25. The molecule has 0 aliphatic carbocycles. The third kappa shape index (κ3) is 3.90. The van der Waals surface area contributed by atoms with Crippen LogP contribution in [-0.4, -0.2) is 9.13 Å². The molecule has 226 valence electrons. The summed E-state index contributed by atoms with van der Waals surface area (Å²) < 4.78 is 11.4. The molecule has 0 fully saturated rings. The molecule has 0 bridgehead atoms. The molecular weight excluding hydrogens is 587 g/mol. The highest BCUT2D eigenvalue weighted by atomic mass is 16.3. The Labute approximate surface area is 276 Å². The van der Waals surface area contributed by atoms with E-state index in [9.17, 15) is 0 Å². The van der Waals surface area contributed by atoms with Crippen LogP contribution in [0.3, 0.4) is 0 Å². The van der Waals surface area contributed by atoms with Gasteiger partial charge >= 0.3 is 0 Å². The fourth-order valence-corrected chi connectivity index (χ4v) is 7.47. The number of nitrogens with zero attached hydrogens (tertiary/aromatic N) is 3. The van der Waals surface area contributed by atoms with E-state index in [1.807, 2.05) is 12.1 Å². The van der Waals surface area contributed by atoms with Gasteiger partial charge in [0.25, 0.3) is 0 Å². The SMILES string of the molecule is c1ccc(N(c2ccc3c(c2)c2c4ccccc4n(-c4ccccc4)c2n3-c2ccccc2)c2cccc3c2oc2ccccc23)cc1. The molecule has 0 saturated carbocycles. The van der Waals surface area contributed by atoms with Gasteiger partial charge in [-0.25, -0.2) is 0 Å². The van der Waals surface area contributed by atoms with Crippen molar-refractivity contribution in [3.8, 4) is 11.4 Å². The average Bonchev–Trinajstić information content (AvgIpc) is 3.81. The predicted molar refractivity (Wildman–Crippen MR) is 200 cm³/mol. The molecule has 48 heavy (non-hydrogen) atoms. The number of aromatic nitrogens is 2. The Kier molecular flexibility index (Phi) is 5.84. The maximum Gasteiger partial charge on any atom is 0.159 e. The minimum atomic E-state index is 0.871. The predicted octanol–water partition coefficient (Wildman–Crippen LogP) is 12.1. The molecule has 0 N–H and O–H groups in total. The monoisotopic (exact) mass is 615 g/mol. The summed E-state index contributed by atoms with van der Waals surface area (Å²) in [6, 6.07) is 62.3. The number of hydrogen-bond acceptors (Lipinski definition) is 2. The molecule has 7 aromatic carbocycles.